The molecule has 0 aromatic carbocycles. The van der Waals surface area contributed by atoms with Gasteiger partial charge in [0.25, 0.3) is 0 Å². The maximum atomic E-state index is 3.57. The molecular formula is C8H9BrS. The molecule has 0 saturated carbocycles. The van der Waals surface area contributed by atoms with Crippen LogP contribution in [0.3, 0.4) is 0 Å². The second-order valence-electron chi connectivity index (χ2n) is 2.72. The van der Waals surface area contributed by atoms with Gasteiger partial charge in [0.2, 0.25) is 0 Å². The Morgan fingerprint density at radius 1 is 1.30 bits per heavy atom. The van der Waals surface area contributed by atoms with Crippen molar-refractivity contribution in [2.75, 3.05) is 0 Å². The summed E-state index contributed by atoms with van der Waals surface area (Å²) in [4.78, 5) is 0. The molecule has 1 heterocycles. The molecule has 54 valence electrons. The van der Waals surface area contributed by atoms with E-state index in [1.807, 2.05) is 11.3 Å². The van der Waals surface area contributed by atoms with Crippen molar-refractivity contribution < 1.29 is 0 Å². The van der Waals surface area contributed by atoms with Crippen LogP contribution in [0, 0.1) is 0 Å². The minimum atomic E-state index is 1.29. The van der Waals surface area contributed by atoms with Crippen molar-refractivity contribution in [2.24, 2.45) is 0 Å². The molecule has 0 amide bonds. The van der Waals surface area contributed by atoms with E-state index in [9.17, 15) is 0 Å². The van der Waals surface area contributed by atoms with E-state index in [2.05, 4.69) is 21.3 Å². The first-order valence-corrected chi connectivity index (χ1v) is 5.30. The zero-order valence-corrected chi connectivity index (χ0v) is 8.09. The lowest BCUT2D eigenvalue weighted by Gasteiger charge is -2.10. The molecule has 2 rings (SSSR count). The molecule has 1 aliphatic rings. The van der Waals surface area contributed by atoms with Crippen LogP contribution in [-0.4, -0.2) is 0 Å². The summed E-state index contributed by atoms with van der Waals surface area (Å²) in [7, 11) is 0. The van der Waals surface area contributed by atoms with Gasteiger partial charge in [0.05, 0.1) is 3.79 Å². The van der Waals surface area contributed by atoms with E-state index in [0.29, 0.717) is 0 Å². The molecule has 0 unspecified atom stereocenters. The summed E-state index contributed by atoms with van der Waals surface area (Å²) in [5.74, 6) is 0. The van der Waals surface area contributed by atoms with E-state index in [1.54, 1.807) is 11.1 Å². The van der Waals surface area contributed by atoms with Crippen LogP contribution in [0.2, 0.25) is 0 Å². The van der Waals surface area contributed by atoms with E-state index in [0.717, 1.165) is 0 Å². The Bertz CT molecular complexity index is 239. The van der Waals surface area contributed by atoms with Gasteiger partial charge in [-0.2, -0.15) is 0 Å². The molecule has 0 N–H and O–H groups in total. The normalized spacial score (nSPS) is 16.9. The second-order valence-corrected chi connectivity index (χ2v) is 4.92. The SMILES string of the molecule is Brc1scc2c1CCCC2. The lowest BCUT2D eigenvalue weighted by atomic mass is 9.96. The Morgan fingerprint density at radius 3 is 2.90 bits per heavy atom. The van der Waals surface area contributed by atoms with Gasteiger partial charge in [-0.3, -0.25) is 0 Å². The molecule has 1 aromatic heterocycles. The topological polar surface area (TPSA) is 0 Å². The number of rotatable bonds is 0. The summed E-state index contributed by atoms with van der Waals surface area (Å²) < 4.78 is 1.36. The summed E-state index contributed by atoms with van der Waals surface area (Å²) >= 11 is 5.41. The predicted molar refractivity (Wildman–Crippen MR) is 48.7 cm³/mol. The first-order chi connectivity index (χ1) is 4.88. The van der Waals surface area contributed by atoms with Crippen LogP contribution < -0.4 is 0 Å². The zero-order valence-electron chi connectivity index (χ0n) is 5.69. The average molecular weight is 217 g/mol. The van der Waals surface area contributed by atoms with Crippen molar-refractivity contribution >= 4 is 27.3 Å². The molecule has 0 radical (unpaired) electrons. The Kier molecular flexibility index (Phi) is 1.83. The predicted octanol–water partition coefficient (Wildman–Crippen LogP) is 3.39. The summed E-state index contributed by atoms with van der Waals surface area (Å²) in [6.45, 7) is 0. The highest BCUT2D eigenvalue weighted by Gasteiger charge is 2.12. The van der Waals surface area contributed by atoms with Crippen LogP contribution in [0.5, 0.6) is 0 Å². The van der Waals surface area contributed by atoms with Gasteiger partial charge >= 0.3 is 0 Å². The molecule has 1 aliphatic carbocycles. The number of thiophene rings is 1. The highest BCUT2D eigenvalue weighted by atomic mass is 79.9. The molecule has 0 spiro atoms. The number of hydrogen-bond donors (Lipinski definition) is 0. The van der Waals surface area contributed by atoms with Crippen molar-refractivity contribution in [3.8, 4) is 0 Å². The van der Waals surface area contributed by atoms with Gasteiger partial charge in [-0.25, -0.2) is 0 Å². The quantitative estimate of drug-likeness (QED) is 0.624. The van der Waals surface area contributed by atoms with Gasteiger partial charge in [0.1, 0.15) is 0 Å². The monoisotopic (exact) mass is 216 g/mol. The molecule has 10 heavy (non-hydrogen) atoms. The fourth-order valence-corrected chi connectivity index (χ4v) is 3.09. The van der Waals surface area contributed by atoms with E-state index in [4.69, 9.17) is 0 Å². The van der Waals surface area contributed by atoms with Gasteiger partial charge in [-0.05, 0) is 58.1 Å². The minimum absolute atomic E-state index is 1.29. The summed E-state index contributed by atoms with van der Waals surface area (Å²) in [5.41, 5.74) is 3.17. The average Bonchev–Trinajstić information content (AvgIpc) is 2.34. The van der Waals surface area contributed by atoms with Gasteiger partial charge in [-0.1, -0.05) is 0 Å². The summed E-state index contributed by atoms with van der Waals surface area (Å²) in [6, 6.07) is 0. The van der Waals surface area contributed by atoms with Crippen molar-refractivity contribution in [1.29, 1.82) is 0 Å². The molecule has 0 bridgehead atoms. The van der Waals surface area contributed by atoms with Crippen molar-refractivity contribution in [3.63, 3.8) is 0 Å². The van der Waals surface area contributed by atoms with E-state index in [1.165, 1.54) is 29.5 Å². The smallest absolute Gasteiger partial charge is 0.0733 e. The Labute approximate surface area is 73.4 Å². The molecule has 0 fully saturated rings. The first-order valence-electron chi connectivity index (χ1n) is 3.62. The van der Waals surface area contributed by atoms with Gasteiger partial charge in [-0.15, -0.1) is 11.3 Å². The van der Waals surface area contributed by atoms with E-state index < -0.39 is 0 Å². The second kappa shape index (κ2) is 2.67. The molecule has 1 aromatic rings. The number of aryl methyl sites for hydroxylation is 1. The van der Waals surface area contributed by atoms with Crippen LogP contribution >= 0.6 is 27.3 Å². The highest BCUT2D eigenvalue weighted by Crippen LogP contribution is 2.33. The third-order valence-corrected chi connectivity index (χ3v) is 3.95. The summed E-state index contributed by atoms with van der Waals surface area (Å²) in [6.07, 6.45) is 5.36. The van der Waals surface area contributed by atoms with Crippen LogP contribution in [0.4, 0.5) is 0 Å². The highest BCUT2D eigenvalue weighted by molar-refractivity contribution is 9.11. The largest absolute Gasteiger partial charge is 0.136 e. The van der Waals surface area contributed by atoms with Crippen LogP contribution in [0.1, 0.15) is 24.0 Å². The molecule has 0 aliphatic heterocycles. The Balaban J connectivity index is 2.45. The lowest BCUT2D eigenvalue weighted by Crippen LogP contribution is -1.98. The van der Waals surface area contributed by atoms with Gasteiger partial charge in [0, 0.05) is 0 Å². The maximum Gasteiger partial charge on any atom is 0.0733 e. The van der Waals surface area contributed by atoms with Crippen molar-refractivity contribution in [2.45, 2.75) is 25.7 Å². The number of hydrogen-bond acceptors (Lipinski definition) is 1. The zero-order chi connectivity index (χ0) is 6.97. The molecule has 0 saturated heterocycles. The first kappa shape index (κ1) is 6.86. The van der Waals surface area contributed by atoms with Crippen LogP contribution in [0.25, 0.3) is 0 Å². The third kappa shape index (κ3) is 1.04. The van der Waals surface area contributed by atoms with Crippen molar-refractivity contribution in [3.05, 3.63) is 20.3 Å². The van der Waals surface area contributed by atoms with Crippen LogP contribution in [-0.2, 0) is 12.8 Å². The Morgan fingerprint density at radius 2 is 2.10 bits per heavy atom. The van der Waals surface area contributed by atoms with E-state index >= 15 is 0 Å². The lowest BCUT2D eigenvalue weighted by molar-refractivity contribution is 0.688. The fraction of sp³-hybridized carbons (Fsp3) is 0.500. The standard InChI is InChI=1S/C8H9BrS/c9-8-7-4-2-1-3-6(7)5-10-8/h5H,1-4H2. The maximum absolute atomic E-state index is 3.57. The number of halogens is 1. The molecule has 0 atom stereocenters. The summed E-state index contributed by atoms with van der Waals surface area (Å²) in [5, 5.41) is 2.29. The Hall–Kier alpha value is 0.180. The van der Waals surface area contributed by atoms with E-state index in [-0.39, 0.29) is 0 Å². The fourth-order valence-electron chi connectivity index (χ4n) is 1.48. The van der Waals surface area contributed by atoms with Crippen molar-refractivity contribution in [1.82, 2.24) is 0 Å². The van der Waals surface area contributed by atoms with Crippen LogP contribution in [0.15, 0.2) is 9.17 Å². The minimum Gasteiger partial charge on any atom is -0.136 e. The third-order valence-electron chi connectivity index (χ3n) is 2.05. The van der Waals surface area contributed by atoms with Gasteiger partial charge < -0.3 is 0 Å². The molecule has 2 heteroatoms. The molecular weight excluding hydrogens is 208 g/mol. The number of fused-ring (bicyclic) bond motifs is 1. The van der Waals surface area contributed by atoms with Gasteiger partial charge in [0.15, 0.2) is 0 Å². The molecule has 0 nitrogen and oxygen atoms in total.